The van der Waals surface area contributed by atoms with Gasteiger partial charge < -0.3 is 15.7 Å². The van der Waals surface area contributed by atoms with Crippen LogP contribution >= 0.6 is 0 Å². The standard InChI is InChI=1S/C21H27N5O4/c1-26-17-10-14(23-13-4-2-12(3-5-13)11-22-21(29)30)6-7-15(17)19(25-26)16-8-9-18(27)24-20(16)28/h6-7,10,12-13,16,22-23H,2-5,8-9,11H2,1H3,(H,29,30)(H,24,27,28)/t12-,13-,16?. The van der Waals surface area contributed by atoms with Gasteiger partial charge in [-0.3, -0.25) is 19.6 Å². The number of aromatic nitrogens is 2. The summed E-state index contributed by atoms with van der Waals surface area (Å²) in [5.41, 5.74) is 2.67. The number of piperidine rings is 1. The highest BCUT2D eigenvalue weighted by Crippen LogP contribution is 2.32. The quantitative estimate of drug-likeness (QED) is 0.558. The lowest BCUT2D eigenvalue weighted by Crippen LogP contribution is -2.39. The predicted octanol–water partition coefficient (Wildman–Crippen LogP) is 2.33. The highest BCUT2D eigenvalue weighted by Gasteiger charge is 2.31. The third kappa shape index (κ3) is 4.24. The van der Waals surface area contributed by atoms with Crippen molar-refractivity contribution in [2.45, 2.75) is 50.5 Å². The van der Waals surface area contributed by atoms with Crippen LogP contribution in [0.2, 0.25) is 0 Å². The topological polar surface area (TPSA) is 125 Å². The van der Waals surface area contributed by atoms with Gasteiger partial charge in [-0.25, -0.2) is 4.79 Å². The second-order valence-electron chi connectivity index (χ2n) is 8.29. The molecule has 2 heterocycles. The molecule has 3 amide bonds. The molecule has 1 aliphatic heterocycles. The number of carbonyl (C=O) groups is 3. The van der Waals surface area contributed by atoms with Gasteiger partial charge in [-0.2, -0.15) is 5.10 Å². The minimum atomic E-state index is -0.962. The van der Waals surface area contributed by atoms with E-state index >= 15 is 0 Å². The number of hydrogen-bond donors (Lipinski definition) is 4. The normalized spacial score (nSPS) is 24.5. The molecule has 4 rings (SSSR count). The lowest BCUT2D eigenvalue weighted by molar-refractivity contribution is -0.134. The molecule has 1 saturated heterocycles. The molecule has 9 nitrogen and oxygen atoms in total. The third-order valence-electron chi connectivity index (χ3n) is 6.21. The fourth-order valence-electron chi connectivity index (χ4n) is 4.57. The Morgan fingerprint density at radius 2 is 2.00 bits per heavy atom. The molecule has 2 aliphatic rings. The van der Waals surface area contributed by atoms with Crippen LogP contribution in [0.25, 0.3) is 10.9 Å². The first-order valence-corrected chi connectivity index (χ1v) is 10.4. The van der Waals surface area contributed by atoms with Gasteiger partial charge in [0.2, 0.25) is 11.8 Å². The molecule has 1 unspecified atom stereocenters. The minimum Gasteiger partial charge on any atom is -0.465 e. The summed E-state index contributed by atoms with van der Waals surface area (Å²) in [7, 11) is 1.86. The van der Waals surface area contributed by atoms with Gasteiger partial charge in [-0.05, 0) is 56.2 Å². The predicted molar refractivity (Wildman–Crippen MR) is 111 cm³/mol. The number of carbonyl (C=O) groups excluding carboxylic acids is 2. The molecule has 0 bridgehead atoms. The molecule has 1 atom stereocenters. The zero-order valence-corrected chi connectivity index (χ0v) is 17.0. The zero-order chi connectivity index (χ0) is 21.3. The number of nitrogens with one attached hydrogen (secondary N) is 3. The van der Waals surface area contributed by atoms with Crippen LogP contribution in [0.3, 0.4) is 0 Å². The summed E-state index contributed by atoms with van der Waals surface area (Å²) in [5.74, 6) is -0.506. The van der Waals surface area contributed by atoms with E-state index in [1.54, 1.807) is 4.68 Å². The first-order chi connectivity index (χ1) is 14.4. The van der Waals surface area contributed by atoms with E-state index in [9.17, 15) is 14.4 Å². The van der Waals surface area contributed by atoms with Crippen LogP contribution < -0.4 is 16.0 Å². The summed E-state index contributed by atoms with van der Waals surface area (Å²) in [6.45, 7) is 0.520. The fourth-order valence-corrected chi connectivity index (χ4v) is 4.57. The monoisotopic (exact) mass is 413 g/mol. The Morgan fingerprint density at radius 3 is 2.70 bits per heavy atom. The maximum Gasteiger partial charge on any atom is 0.404 e. The number of aryl methyl sites for hydroxylation is 1. The van der Waals surface area contributed by atoms with Crippen molar-refractivity contribution in [2.75, 3.05) is 11.9 Å². The van der Waals surface area contributed by atoms with E-state index < -0.39 is 12.0 Å². The highest BCUT2D eigenvalue weighted by atomic mass is 16.4. The van der Waals surface area contributed by atoms with Crippen molar-refractivity contribution in [3.8, 4) is 0 Å². The van der Waals surface area contributed by atoms with Crippen molar-refractivity contribution < 1.29 is 19.5 Å². The summed E-state index contributed by atoms with van der Waals surface area (Å²) >= 11 is 0. The Labute approximate surface area is 174 Å². The average molecular weight is 413 g/mol. The van der Waals surface area contributed by atoms with Gasteiger partial charge in [0.15, 0.2) is 0 Å². The zero-order valence-electron chi connectivity index (χ0n) is 17.0. The van der Waals surface area contributed by atoms with Gasteiger partial charge in [0, 0.05) is 37.1 Å². The van der Waals surface area contributed by atoms with E-state index in [4.69, 9.17) is 5.11 Å². The number of benzene rings is 1. The molecular formula is C21H27N5O4. The van der Waals surface area contributed by atoms with Gasteiger partial charge >= 0.3 is 6.09 Å². The Kier molecular flexibility index (Phi) is 5.61. The Balaban J connectivity index is 1.43. The SMILES string of the molecule is Cn1nc(C2CCC(=O)NC2=O)c2ccc(N[C@H]3CC[C@H](CNC(=O)O)CC3)cc21. The highest BCUT2D eigenvalue weighted by molar-refractivity contribution is 6.02. The molecule has 1 aliphatic carbocycles. The summed E-state index contributed by atoms with van der Waals surface area (Å²) in [6, 6.07) is 6.41. The number of fused-ring (bicyclic) bond motifs is 1. The summed E-state index contributed by atoms with van der Waals surface area (Å²) in [6.07, 6.45) is 3.83. The number of amides is 3. The Bertz CT molecular complexity index is 977. The lowest BCUT2D eigenvalue weighted by Gasteiger charge is -2.29. The molecule has 1 aromatic heterocycles. The van der Waals surface area contributed by atoms with Crippen LogP contribution in [0, 0.1) is 5.92 Å². The van der Waals surface area contributed by atoms with Crippen molar-refractivity contribution >= 4 is 34.5 Å². The van der Waals surface area contributed by atoms with Crippen molar-refractivity contribution in [1.82, 2.24) is 20.4 Å². The number of nitrogens with zero attached hydrogens (tertiary/aromatic N) is 2. The van der Waals surface area contributed by atoms with Crippen LogP contribution in [-0.4, -0.2) is 45.4 Å². The summed E-state index contributed by atoms with van der Waals surface area (Å²) in [5, 5.41) is 22.7. The van der Waals surface area contributed by atoms with E-state index in [1.165, 1.54) is 0 Å². The molecule has 4 N–H and O–H groups in total. The molecule has 1 aromatic carbocycles. The smallest absolute Gasteiger partial charge is 0.404 e. The maximum absolute atomic E-state index is 12.3. The van der Waals surface area contributed by atoms with Crippen LogP contribution in [0.15, 0.2) is 18.2 Å². The van der Waals surface area contributed by atoms with E-state index in [0.717, 1.165) is 48.0 Å². The van der Waals surface area contributed by atoms with E-state index in [-0.39, 0.29) is 11.8 Å². The van der Waals surface area contributed by atoms with Crippen molar-refractivity contribution in [1.29, 1.82) is 0 Å². The van der Waals surface area contributed by atoms with Crippen molar-refractivity contribution in [3.05, 3.63) is 23.9 Å². The largest absolute Gasteiger partial charge is 0.465 e. The van der Waals surface area contributed by atoms with E-state index in [2.05, 4.69) is 27.1 Å². The van der Waals surface area contributed by atoms with Crippen LogP contribution in [0.4, 0.5) is 10.5 Å². The van der Waals surface area contributed by atoms with E-state index in [0.29, 0.717) is 31.3 Å². The second kappa shape index (κ2) is 8.33. The summed E-state index contributed by atoms with van der Waals surface area (Å²) < 4.78 is 1.79. The van der Waals surface area contributed by atoms with Gasteiger partial charge in [0.1, 0.15) is 0 Å². The molecule has 1 saturated carbocycles. The number of hydrogen-bond acceptors (Lipinski definition) is 5. The van der Waals surface area contributed by atoms with Gasteiger partial charge in [-0.1, -0.05) is 0 Å². The van der Waals surface area contributed by atoms with Gasteiger partial charge in [-0.15, -0.1) is 0 Å². The number of imide groups is 1. The van der Waals surface area contributed by atoms with Crippen molar-refractivity contribution in [2.24, 2.45) is 13.0 Å². The molecule has 2 aromatic rings. The summed E-state index contributed by atoms with van der Waals surface area (Å²) in [4.78, 5) is 34.4. The molecule has 2 fully saturated rings. The Hall–Kier alpha value is -3.10. The first kappa shape index (κ1) is 20.2. The van der Waals surface area contributed by atoms with Gasteiger partial charge in [0.25, 0.3) is 0 Å². The molecule has 0 spiro atoms. The van der Waals surface area contributed by atoms with Crippen molar-refractivity contribution in [3.63, 3.8) is 0 Å². The minimum absolute atomic E-state index is 0.226. The number of carboxylic acid groups (broad SMARTS) is 1. The molecule has 30 heavy (non-hydrogen) atoms. The molecule has 9 heteroatoms. The van der Waals surface area contributed by atoms with Crippen LogP contribution in [0.5, 0.6) is 0 Å². The maximum atomic E-state index is 12.3. The third-order valence-corrected chi connectivity index (χ3v) is 6.21. The number of anilines is 1. The number of rotatable bonds is 5. The van der Waals surface area contributed by atoms with Crippen LogP contribution in [-0.2, 0) is 16.6 Å². The lowest BCUT2D eigenvalue weighted by atomic mass is 9.86. The first-order valence-electron chi connectivity index (χ1n) is 10.4. The van der Waals surface area contributed by atoms with E-state index in [1.807, 2.05) is 19.2 Å². The molecule has 0 radical (unpaired) electrons. The van der Waals surface area contributed by atoms with Crippen LogP contribution in [0.1, 0.15) is 50.1 Å². The average Bonchev–Trinajstić information content (AvgIpc) is 3.03. The molecular weight excluding hydrogens is 386 g/mol. The Morgan fingerprint density at radius 1 is 1.23 bits per heavy atom. The molecule has 160 valence electrons. The second-order valence-corrected chi connectivity index (χ2v) is 8.29. The fraction of sp³-hybridized carbons (Fsp3) is 0.524. The van der Waals surface area contributed by atoms with Gasteiger partial charge in [0.05, 0.1) is 17.1 Å².